The number of rotatable bonds is 1. The molecule has 0 bridgehead atoms. The fourth-order valence-corrected chi connectivity index (χ4v) is 2.95. The van der Waals surface area contributed by atoms with Gasteiger partial charge in [0.2, 0.25) is 0 Å². The molecule has 2 nitrogen and oxygen atoms in total. The molecule has 1 heterocycles. The Morgan fingerprint density at radius 3 is 2.47 bits per heavy atom. The summed E-state index contributed by atoms with van der Waals surface area (Å²) in [6, 6.07) is 10.1. The molecule has 0 unspecified atom stereocenters. The summed E-state index contributed by atoms with van der Waals surface area (Å²) in [5.41, 5.74) is 1.04. The number of thioether (sulfide) groups is 1. The molecule has 0 aliphatic carbocycles. The fourth-order valence-electron chi connectivity index (χ4n) is 1.79. The monoisotopic (exact) mass is 246 g/mol. The zero-order valence-electron chi connectivity index (χ0n) is 10.8. The molecular weight excluding hydrogens is 228 g/mol. The maximum absolute atomic E-state index is 4.71. The van der Waals surface area contributed by atoms with Crippen LogP contribution in [0, 0.1) is 0 Å². The summed E-state index contributed by atoms with van der Waals surface area (Å²) in [4.78, 5) is 8.24. The van der Waals surface area contributed by atoms with Gasteiger partial charge in [0, 0.05) is 7.05 Å². The van der Waals surface area contributed by atoms with Crippen molar-refractivity contribution in [1.82, 2.24) is 4.90 Å². The van der Waals surface area contributed by atoms with Gasteiger partial charge in [-0.15, -0.1) is 0 Å². The van der Waals surface area contributed by atoms with E-state index in [1.807, 2.05) is 30.3 Å². The van der Waals surface area contributed by atoms with Crippen molar-refractivity contribution in [1.29, 1.82) is 0 Å². The third-order valence-corrected chi connectivity index (χ3v) is 3.93. The Hall–Kier alpha value is -1.22. The molecule has 0 radical (unpaired) electrons. The average molecular weight is 246 g/mol. The Labute approximate surface area is 107 Å². The van der Waals surface area contributed by atoms with Gasteiger partial charge in [0.25, 0.3) is 0 Å². The molecule has 0 aromatic heterocycles. The van der Waals surface area contributed by atoms with Gasteiger partial charge in [-0.1, -0.05) is 30.0 Å². The quantitative estimate of drug-likeness (QED) is 0.743. The van der Waals surface area contributed by atoms with Crippen molar-refractivity contribution in [3.05, 3.63) is 41.3 Å². The van der Waals surface area contributed by atoms with Crippen LogP contribution in [0.5, 0.6) is 0 Å². The van der Waals surface area contributed by atoms with Crippen LogP contribution in [0.1, 0.15) is 20.8 Å². The number of hydrogen-bond acceptors (Lipinski definition) is 2. The van der Waals surface area contributed by atoms with Crippen molar-refractivity contribution in [2.45, 2.75) is 26.3 Å². The van der Waals surface area contributed by atoms with E-state index in [4.69, 9.17) is 4.99 Å². The van der Waals surface area contributed by atoms with Crippen LogP contribution in [0.3, 0.4) is 0 Å². The fraction of sp³-hybridized carbons (Fsp3) is 0.357. The Balaban J connectivity index is 2.35. The lowest BCUT2D eigenvalue weighted by atomic mass is 10.0. The van der Waals surface area contributed by atoms with Crippen LogP contribution >= 0.6 is 11.8 Å². The Kier molecular flexibility index (Phi) is 3.29. The second-order valence-electron chi connectivity index (χ2n) is 4.80. The number of nitrogens with zero attached hydrogens (tertiary/aromatic N) is 2. The normalized spacial score (nSPS) is 21.5. The smallest absolute Gasteiger partial charge is 0.169 e. The van der Waals surface area contributed by atoms with Crippen molar-refractivity contribution in [3.8, 4) is 0 Å². The molecule has 0 fully saturated rings. The minimum absolute atomic E-state index is 0.0307. The number of aliphatic imine (C=N–C) groups is 1. The predicted molar refractivity (Wildman–Crippen MR) is 76.7 cm³/mol. The van der Waals surface area contributed by atoms with Crippen molar-refractivity contribution in [2.75, 3.05) is 7.05 Å². The lowest BCUT2D eigenvalue weighted by molar-refractivity contribution is 0.324. The van der Waals surface area contributed by atoms with Crippen molar-refractivity contribution >= 4 is 22.6 Å². The van der Waals surface area contributed by atoms with Gasteiger partial charge in [0.1, 0.15) is 0 Å². The molecule has 0 atom stereocenters. The van der Waals surface area contributed by atoms with Gasteiger partial charge in [0.15, 0.2) is 5.17 Å². The Morgan fingerprint density at radius 1 is 1.18 bits per heavy atom. The number of allylic oxidation sites excluding steroid dienone is 1. The summed E-state index contributed by atoms with van der Waals surface area (Å²) in [6.07, 6.45) is 2.28. The molecule has 0 saturated carbocycles. The van der Waals surface area contributed by atoms with Crippen molar-refractivity contribution < 1.29 is 0 Å². The van der Waals surface area contributed by atoms with Gasteiger partial charge in [-0.25, -0.2) is 4.99 Å². The molecule has 0 saturated heterocycles. The molecule has 1 aliphatic rings. The first-order valence-corrected chi connectivity index (χ1v) is 6.55. The highest BCUT2D eigenvalue weighted by Gasteiger charge is 2.29. The molecule has 17 heavy (non-hydrogen) atoms. The maximum Gasteiger partial charge on any atom is 0.169 e. The third-order valence-electron chi connectivity index (χ3n) is 2.94. The summed E-state index contributed by atoms with van der Waals surface area (Å²) < 4.78 is 0. The van der Waals surface area contributed by atoms with E-state index in [2.05, 4.69) is 38.8 Å². The lowest BCUT2D eigenvalue weighted by Crippen LogP contribution is -2.44. The minimum atomic E-state index is 0.0307. The van der Waals surface area contributed by atoms with E-state index in [9.17, 15) is 0 Å². The summed E-state index contributed by atoms with van der Waals surface area (Å²) in [5, 5.41) is 1.06. The lowest BCUT2D eigenvalue weighted by Gasteiger charge is -2.39. The zero-order valence-corrected chi connectivity index (χ0v) is 11.6. The van der Waals surface area contributed by atoms with Gasteiger partial charge < -0.3 is 4.90 Å². The van der Waals surface area contributed by atoms with Crippen LogP contribution in [0.4, 0.5) is 5.69 Å². The van der Waals surface area contributed by atoms with Crippen molar-refractivity contribution in [3.63, 3.8) is 0 Å². The molecule has 1 aliphatic heterocycles. The zero-order chi connectivity index (χ0) is 12.5. The van der Waals surface area contributed by atoms with Gasteiger partial charge in [-0.05, 0) is 43.9 Å². The summed E-state index contributed by atoms with van der Waals surface area (Å²) in [6.45, 7) is 6.55. The van der Waals surface area contributed by atoms with E-state index in [1.54, 1.807) is 11.8 Å². The Morgan fingerprint density at radius 2 is 1.82 bits per heavy atom. The number of amidine groups is 1. The van der Waals surface area contributed by atoms with Gasteiger partial charge in [-0.2, -0.15) is 0 Å². The number of likely N-dealkylation sites (N-methyl/N-ethyl adjacent to an activating group) is 1. The highest BCUT2D eigenvalue weighted by atomic mass is 32.2. The molecule has 0 amide bonds. The highest BCUT2D eigenvalue weighted by molar-refractivity contribution is 8.17. The number of benzene rings is 1. The van der Waals surface area contributed by atoms with E-state index in [1.165, 1.54) is 4.91 Å². The first-order chi connectivity index (χ1) is 7.99. The minimum Gasteiger partial charge on any atom is -0.345 e. The second-order valence-corrected chi connectivity index (χ2v) is 6.01. The molecule has 0 N–H and O–H groups in total. The van der Waals surface area contributed by atoms with Crippen LogP contribution in [0.25, 0.3) is 0 Å². The van der Waals surface area contributed by atoms with Gasteiger partial charge in [-0.3, -0.25) is 0 Å². The van der Waals surface area contributed by atoms with E-state index in [0.29, 0.717) is 0 Å². The summed E-state index contributed by atoms with van der Waals surface area (Å²) >= 11 is 1.73. The standard InChI is InChI=1S/C14H18N2S/c1-11-10-14(2,3)16(4)13(17-11)15-12-8-6-5-7-9-12/h5-10H,1-4H3. The van der Waals surface area contributed by atoms with Crippen LogP contribution in [0.15, 0.2) is 46.3 Å². The van der Waals surface area contributed by atoms with Crippen molar-refractivity contribution in [2.24, 2.45) is 4.99 Å². The molecule has 2 rings (SSSR count). The topological polar surface area (TPSA) is 15.6 Å². The van der Waals surface area contributed by atoms with E-state index in [-0.39, 0.29) is 5.54 Å². The average Bonchev–Trinajstić information content (AvgIpc) is 2.26. The number of hydrogen-bond donors (Lipinski definition) is 0. The molecule has 1 aromatic rings. The van der Waals surface area contributed by atoms with E-state index < -0.39 is 0 Å². The van der Waals surface area contributed by atoms with E-state index >= 15 is 0 Å². The van der Waals surface area contributed by atoms with Gasteiger partial charge >= 0.3 is 0 Å². The first kappa shape index (κ1) is 12.2. The summed E-state index contributed by atoms with van der Waals surface area (Å²) in [5.74, 6) is 0. The largest absolute Gasteiger partial charge is 0.345 e. The Bertz CT molecular complexity index is 460. The van der Waals surface area contributed by atoms with Crippen LogP contribution in [0.2, 0.25) is 0 Å². The van der Waals surface area contributed by atoms with Crippen LogP contribution in [-0.2, 0) is 0 Å². The van der Waals surface area contributed by atoms with Crippen LogP contribution in [-0.4, -0.2) is 22.7 Å². The van der Waals surface area contributed by atoms with Gasteiger partial charge in [0.05, 0.1) is 11.2 Å². The molecule has 90 valence electrons. The molecular formula is C14H18N2S. The number of para-hydroxylation sites is 1. The predicted octanol–water partition coefficient (Wildman–Crippen LogP) is 4.04. The van der Waals surface area contributed by atoms with E-state index in [0.717, 1.165) is 10.9 Å². The SMILES string of the molecule is CC1=CC(C)(C)N(C)C(=Nc2ccccc2)S1. The molecule has 0 spiro atoms. The molecule has 3 heteroatoms. The van der Waals surface area contributed by atoms with Crippen LogP contribution < -0.4 is 0 Å². The summed E-state index contributed by atoms with van der Waals surface area (Å²) in [7, 11) is 2.09. The third kappa shape index (κ3) is 2.72. The molecule has 1 aromatic carbocycles. The maximum atomic E-state index is 4.71. The highest BCUT2D eigenvalue weighted by Crippen LogP contribution is 2.33. The second kappa shape index (κ2) is 4.57. The first-order valence-electron chi connectivity index (χ1n) is 5.74.